The number of aryl methyl sites for hydroxylation is 1. The van der Waals surface area contributed by atoms with Crippen LogP contribution in [0.1, 0.15) is 28.8 Å². The highest BCUT2D eigenvalue weighted by atomic mass is 16.5. The maximum Gasteiger partial charge on any atom is 0.260 e. The van der Waals surface area contributed by atoms with Gasteiger partial charge in [0, 0.05) is 22.9 Å². The third-order valence-electron chi connectivity index (χ3n) is 5.28. The molecule has 4 rings (SSSR count). The molecule has 2 amide bonds. The van der Waals surface area contributed by atoms with Crippen LogP contribution in [0.15, 0.2) is 42.7 Å². The monoisotopic (exact) mass is 420 g/mol. The quantitative estimate of drug-likeness (QED) is 0.425. The molecule has 1 fully saturated rings. The number of amides is 2. The Kier molecular flexibility index (Phi) is 5.68. The van der Waals surface area contributed by atoms with Crippen LogP contribution in [0.2, 0.25) is 0 Å². The lowest BCUT2D eigenvalue weighted by Gasteiger charge is -2.17. The Morgan fingerprint density at radius 1 is 1.19 bits per heavy atom. The van der Waals surface area contributed by atoms with Gasteiger partial charge in [-0.1, -0.05) is 0 Å². The molecular formula is C22H24N6O3. The van der Waals surface area contributed by atoms with Crippen LogP contribution in [-0.4, -0.2) is 46.5 Å². The van der Waals surface area contributed by atoms with E-state index in [4.69, 9.17) is 10.5 Å². The maximum atomic E-state index is 13.2. The Bertz CT molecular complexity index is 1120. The van der Waals surface area contributed by atoms with E-state index in [-0.39, 0.29) is 17.5 Å². The summed E-state index contributed by atoms with van der Waals surface area (Å²) in [6.07, 6.45) is 4.65. The van der Waals surface area contributed by atoms with Gasteiger partial charge in [0.15, 0.2) is 0 Å². The normalized spacial score (nSPS) is 15.6. The summed E-state index contributed by atoms with van der Waals surface area (Å²) in [5.74, 6) is -0.225. The molecule has 2 aromatic carbocycles. The summed E-state index contributed by atoms with van der Waals surface area (Å²) in [7, 11) is 1.57. The first kappa shape index (κ1) is 20.5. The fourth-order valence-corrected chi connectivity index (χ4v) is 3.79. The number of benzene rings is 2. The Balaban J connectivity index is 1.82. The molecule has 160 valence electrons. The fraction of sp³-hybridized carbons (Fsp3) is 0.273. The van der Waals surface area contributed by atoms with E-state index in [1.165, 1.54) is 17.2 Å². The van der Waals surface area contributed by atoms with Crippen LogP contribution >= 0.6 is 0 Å². The average molecular weight is 420 g/mol. The third kappa shape index (κ3) is 4.13. The Morgan fingerprint density at radius 2 is 1.97 bits per heavy atom. The molecule has 31 heavy (non-hydrogen) atoms. The van der Waals surface area contributed by atoms with Crippen LogP contribution in [0.25, 0.3) is 16.8 Å². The molecule has 0 spiro atoms. The molecule has 1 aromatic heterocycles. The number of carbonyl (C=O) groups is 2. The van der Waals surface area contributed by atoms with Crippen LogP contribution in [0.4, 0.5) is 5.69 Å². The maximum absolute atomic E-state index is 13.2. The second-order valence-electron chi connectivity index (χ2n) is 7.45. The SMILES string of the molecule is COc1ccc(-c2cc(C)cc(C(=O)NC(=O)C3CCCN3)c2-n2nccn2)c(N)c1. The van der Waals surface area contributed by atoms with E-state index >= 15 is 0 Å². The second kappa shape index (κ2) is 8.57. The second-order valence-corrected chi connectivity index (χ2v) is 7.45. The molecule has 1 atom stereocenters. The van der Waals surface area contributed by atoms with Gasteiger partial charge in [-0.2, -0.15) is 15.0 Å². The summed E-state index contributed by atoms with van der Waals surface area (Å²) in [4.78, 5) is 27.1. The van der Waals surface area contributed by atoms with Gasteiger partial charge in [-0.05, 0) is 56.1 Å². The number of anilines is 1. The van der Waals surface area contributed by atoms with Crippen molar-refractivity contribution in [1.82, 2.24) is 25.6 Å². The molecule has 0 bridgehead atoms. The number of hydrogen-bond donors (Lipinski definition) is 3. The highest BCUT2D eigenvalue weighted by Gasteiger charge is 2.27. The zero-order chi connectivity index (χ0) is 22.0. The predicted molar refractivity (Wildman–Crippen MR) is 116 cm³/mol. The van der Waals surface area contributed by atoms with Crippen molar-refractivity contribution >= 4 is 17.5 Å². The van der Waals surface area contributed by atoms with Gasteiger partial charge in [0.25, 0.3) is 5.91 Å². The standard InChI is InChI=1S/C22H24N6O3/c1-13-10-16(15-6-5-14(31-2)12-18(15)23)20(28-25-8-9-26-28)17(11-13)21(29)27-22(30)19-4-3-7-24-19/h5-6,8-12,19,24H,3-4,7,23H2,1-2H3,(H,27,29,30). The number of nitrogens with zero attached hydrogens (tertiary/aromatic N) is 3. The number of nitrogens with two attached hydrogens (primary N) is 1. The molecular weight excluding hydrogens is 396 g/mol. The minimum Gasteiger partial charge on any atom is -0.497 e. The minimum absolute atomic E-state index is 0.285. The summed E-state index contributed by atoms with van der Waals surface area (Å²) in [5.41, 5.74) is 9.72. The summed E-state index contributed by atoms with van der Waals surface area (Å²) in [5, 5.41) is 14.1. The Morgan fingerprint density at radius 3 is 2.61 bits per heavy atom. The molecule has 0 saturated carbocycles. The van der Waals surface area contributed by atoms with Crippen LogP contribution in [-0.2, 0) is 4.79 Å². The van der Waals surface area contributed by atoms with Gasteiger partial charge in [-0.3, -0.25) is 14.9 Å². The molecule has 3 aromatic rings. The van der Waals surface area contributed by atoms with Crippen LogP contribution < -0.4 is 21.1 Å². The van der Waals surface area contributed by atoms with Gasteiger partial charge < -0.3 is 15.8 Å². The molecule has 1 aliphatic heterocycles. The van der Waals surface area contributed by atoms with Crippen molar-refractivity contribution in [2.24, 2.45) is 0 Å². The number of nitrogen functional groups attached to an aromatic ring is 1. The molecule has 4 N–H and O–H groups in total. The highest BCUT2D eigenvalue weighted by Crippen LogP contribution is 2.35. The first-order valence-corrected chi connectivity index (χ1v) is 10.0. The molecule has 9 nitrogen and oxygen atoms in total. The van der Waals surface area contributed by atoms with Gasteiger partial charge in [0.1, 0.15) is 11.4 Å². The summed E-state index contributed by atoms with van der Waals surface area (Å²) < 4.78 is 5.25. The number of nitrogens with one attached hydrogen (secondary N) is 2. The van der Waals surface area contributed by atoms with E-state index in [0.717, 1.165) is 18.5 Å². The van der Waals surface area contributed by atoms with Gasteiger partial charge in [-0.15, -0.1) is 0 Å². The summed E-state index contributed by atoms with van der Waals surface area (Å²) in [6.45, 7) is 2.64. The first-order valence-electron chi connectivity index (χ1n) is 10.0. The lowest BCUT2D eigenvalue weighted by Crippen LogP contribution is -2.43. The van der Waals surface area contributed by atoms with Gasteiger partial charge in [-0.25, -0.2) is 0 Å². The molecule has 1 unspecified atom stereocenters. The minimum atomic E-state index is -0.511. The van der Waals surface area contributed by atoms with Crippen LogP contribution in [0, 0.1) is 6.92 Å². The van der Waals surface area contributed by atoms with Gasteiger partial charge >= 0.3 is 0 Å². The topological polar surface area (TPSA) is 124 Å². The number of methoxy groups -OCH3 is 1. The zero-order valence-corrected chi connectivity index (χ0v) is 17.4. The molecule has 9 heteroatoms. The van der Waals surface area contributed by atoms with Crippen molar-refractivity contribution in [2.45, 2.75) is 25.8 Å². The van der Waals surface area contributed by atoms with E-state index in [1.807, 2.05) is 19.1 Å². The van der Waals surface area contributed by atoms with Crippen LogP contribution in [0.5, 0.6) is 5.75 Å². The van der Waals surface area contributed by atoms with Crippen molar-refractivity contribution in [1.29, 1.82) is 0 Å². The summed E-state index contributed by atoms with van der Waals surface area (Å²) >= 11 is 0. The number of hydrogen-bond acceptors (Lipinski definition) is 7. The van der Waals surface area contributed by atoms with Crippen molar-refractivity contribution in [2.75, 3.05) is 19.4 Å². The van der Waals surface area contributed by atoms with Crippen molar-refractivity contribution in [3.8, 4) is 22.6 Å². The molecule has 0 radical (unpaired) electrons. The molecule has 1 saturated heterocycles. The third-order valence-corrected chi connectivity index (χ3v) is 5.28. The number of aromatic nitrogens is 3. The molecule has 2 heterocycles. The average Bonchev–Trinajstić information content (AvgIpc) is 3.47. The first-order chi connectivity index (χ1) is 15.0. The molecule has 1 aliphatic rings. The van der Waals surface area contributed by atoms with E-state index in [2.05, 4.69) is 20.8 Å². The van der Waals surface area contributed by atoms with E-state index in [1.54, 1.807) is 25.3 Å². The van der Waals surface area contributed by atoms with E-state index in [0.29, 0.717) is 34.7 Å². The number of rotatable bonds is 5. The van der Waals surface area contributed by atoms with E-state index < -0.39 is 5.91 Å². The Labute approximate surface area is 179 Å². The fourth-order valence-electron chi connectivity index (χ4n) is 3.79. The highest BCUT2D eigenvalue weighted by molar-refractivity contribution is 6.09. The van der Waals surface area contributed by atoms with Crippen molar-refractivity contribution in [3.63, 3.8) is 0 Å². The summed E-state index contributed by atoms with van der Waals surface area (Å²) in [6, 6.07) is 8.60. The smallest absolute Gasteiger partial charge is 0.260 e. The number of imide groups is 1. The lowest BCUT2D eigenvalue weighted by atomic mass is 9.95. The predicted octanol–water partition coefficient (Wildman–Crippen LogP) is 1.84. The van der Waals surface area contributed by atoms with Crippen molar-refractivity contribution in [3.05, 3.63) is 53.9 Å². The van der Waals surface area contributed by atoms with Crippen molar-refractivity contribution < 1.29 is 14.3 Å². The largest absolute Gasteiger partial charge is 0.497 e. The van der Waals surface area contributed by atoms with Crippen LogP contribution in [0.3, 0.4) is 0 Å². The lowest BCUT2D eigenvalue weighted by molar-refractivity contribution is -0.121. The Hall–Kier alpha value is -3.72. The molecule has 0 aliphatic carbocycles. The zero-order valence-electron chi connectivity index (χ0n) is 17.4. The number of ether oxygens (including phenoxy) is 1. The van der Waals surface area contributed by atoms with E-state index in [9.17, 15) is 9.59 Å². The van der Waals surface area contributed by atoms with Gasteiger partial charge in [0.05, 0.1) is 31.1 Å². The van der Waals surface area contributed by atoms with Gasteiger partial charge in [0.2, 0.25) is 5.91 Å². The number of carbonyl (C=O) groups excluding carboxylic acids is 2.